The second-order valence-electron chi connectivity index (χ2n) is 3.48. The van der Waals surface area contributed by atoms with Gasteiger partial charge in [0.25, 0.3) is 0 Å². The summed E-state index contributed by atoms with van der Waals surface area (Å²) in [6, 6.07) is 10.6. The van der Waals surface area contributed by atoms with Crippen LogP contribution in [0.3, 0.4) is 0 Å². The first-order chi connectivity index (χ1) is 7.58. The van der Waals surface area contributed by atoms with Crippen molar-refractivity contribution >= 4 is 34.6 Å². The lowest BCUT2D eigenvalue weighted by molar-refractivity contribution is 1.60. The van der Waals surface area contributed by atoms with Crippen LogP contribution < -0.4 is 11.5 Å². The highest BCUT2D eigenvalue weighted by Gasteiger charge is 2.08. The minimum Gasteiger partial charge on any atom is -0.399 e. The zero-order valence-electron chi connectivity index (χ0n) is 8.37. The second kappa shape index (κ2) is 4.24. The van der Waals surface area contributed by atoms with Crippen molar-refractivity contribution in [3.63, 3.8) is 0 Å². The Balaban J connectivity index is 2.62. The van der Waals surface area contributed by atoms with Crippen LogP contribution in [-0.2, 0) is 0 Å². The topological polar surface area (TPSA) is 52.0 Å². The lowest BCUT2D eigenvalue weighted by atomic mass is 10.0. The summed E-state index contributed by atoms with van der Waals surface area (Å²) in [5, 5.41) is 1.17. The number of anilines is 2. The number of rotatable bonds is 1. The molecule has 0 spiro atoms. The summed E-state index contributed by atoms with van der Waals surface area (Å²) in [5.41, 5.74) is 14.3. The van der Waals surface area contributed by atoms with Crippen molar-refractivity contribution in [2.45, 2.75) is 0 Å². The maximum atomic E-state index is 6.11. The number of hydrogen-bond acceptors (Lipinski definition) is 2. The smallest absolute Gasteiger partial charge is 0.0505 e. The highest BCUT2D eigenvalue weighted by Crippen LogP contribution is 2.35. The quantitative estimate of drug-likeness (QED) is 0.759. The van der Waals surface area contributed by atoms with E-state index < -0.39 is 0 Å². The van der Waals surface area contributed by atoms with Gasteiger partial charge in [-0.3, -0.25) is 0 Å². The van der Waals surface area contributed by atoms with E-state index in [-0.39, 0.29) is 0 Å². The summed E-state index contributed by atoms with van der Waals surface area (Å²) in [4.78, 5) is 0. The molecule has 0 fully saturated rings. The highest BCUT2D eigenvalue weighted by atomic mass is 35.5. The summed E-state index contributed by atoms with van der Waals surface area (Å²) >= 11 is 12.2. The molecule has 16 heavy (non-hydrogen) atoms. The van der Waals surface area contributed by atoms with Gasteiger partial charge in [-0.05, 0) is 30.3 Å². The Morgan fingerprint density at radius 3 is 2.00 bits per heavy atom. The predicted octanol–water partition coefficient (Wildman–Crippen LogP) is 3.82. The van der Waals surface area contributed by atoms with Crippen LogP contribution >= 0.6 is 23.2 Å². The third kappa shape index (κ3) is 2.08. The van der Waals surface area contributed by atoms with Gasteiger partial charge in [0, 0.05) is 27.5 Å². The van der Waals surface area contributed by atoms with E-state index in [1.165, 1.54) is 0 Å². The van der Waals surface area contributed by atoms with Crippen LogP contribution in [0, 0.1) is 0 Å². The predicted molar refractivity (Wildman–Crippen MR) is 70.7 cm³/mol. The molecule has 0 radical (unpaired) electrons. The molecule has 2 nitrogen and oxygen atoms in total. The Kier molecular flexibility index (Phi) is 2.95. The van der Waals surface area contributed by atoms with Crippen LogP contribution in [0.4, 0.5) is 11.4 Å². The zero-order valence-corrected chi connectivity index (χ0v) is 9.89. The molecule has 2 rings (SSSR count). The van der Waals surface area contributed by atoms with E-state index >= 15 is 0 Å². The van der Waals surface area contributed by atoms with Crippen molar-refractivity contribution in [1.82, 2.24) is 0 Å². The lowest BCUT2D eigenvalue weighted by Crippen LogP contribution is -1.89. The first kappa shape index (κ1) is 11.1. The first-order valence-corrected chi connectivity index (χ1v) is 5.44. The molecule has 0 saturated carbocycles. The molecule has 2 aromatic carbocycles. The van der Waals surface area contributed by atoms with E-state index in [9.17, 15) is 0 Å². The monoisotopic (exact) mass is 252 g/mol. The Morgan fingerprint density at radius 1 is 0.688 bits per heavy atom. The van der Waals surface area contributed by atoms with E-state index in [0.717, 1.165) is 11.1 Å². The van der Waals surface area contributed by atoms with Crippen molar-refractivity contribution in [3.05, 3.63) is 46.4 Å². The van der Waals surface area contributed by atoms with Crippen molar-refractivity contribution in [1.29, 1.82) is 0 Å². The fraction of sp³-hybridized carbons (Fsp3) is 0. The van der Waals surface area contributed by atoms with Gasteiger partial charge in [0.15, 0.2) is 0 Å². The maximum Gasteiger partial charge on any atom is 0.0505 e. The first-order valence-electron chi connectivity index (χ1n) is 4.68. The molecule has 2 aromatic rings. The van der Waals surface area contributed by atoms with E-state index in [1.54, 1.807) is 30.3 Å². The van der Waals surface area contributed by atoms with Gasteiger partial charge in [-0.2, -0.15) is 0 Å². The van der Waals surface area contributed by atoms with Crippen LogP contribution in [0.1, 0.15) is 0 Å². The molecule has 82 valence electrons. The number of halogens is 2. The minimum atomic E-state index is 0.563. The molecule has 0 amide bonds. The van der Waals surface area contributed by atoms with Gasteiger partial charge >= 0.3 is 0 Å². The SMILES string of the molecule is Nc1ccc(-c2cc(N)ccc2Cl)c(Cl)c1. The van der Waals surface area contributed by atoms with Crippen LogP contribution in [0.2, 0.25) is 10.0 Å². The fourth-order valence-corrected chi connectivity index (χ4v) is 2.01. The highest BCUT2D eigenvalue weighted by molar-refractivity contribution is 6.36. The molecular weight excluding hydrogens is 243 g/mol. The average Bonchev–Trinajstić information content (AvgIpc) is 2.22. The third-order valence-electron chi connectivity index (χ3n) is 2.27. The molecule has 0 aliphatic carbocycles. The molecule has 0 saturated heterocycles. The number of nitrogen functional groups attached to an aromatic ring is 2. The molecule has 4 N–H and O–H groups in total. The summed E-state index contributed by atoms with van der Waals surface area (Å²) in [6.07, 6.45) is 0. The fourth-order valence-electron chi connectivity index (χ4n) is 1.50. The largest absolute Gasteiger partial charge is 0.399 e. The molecule has 0 aliphatic rings. The molecule has 0 bridgehead atoms. The van der Waals surface area contributed by atoms with Gasteiger partial charge in [-0.1, -0.05) is 29.3 Å². The Labute approximate surface area is 104 Å². The Morgan fingerprint density at radius 2 is 1.31 bits per heavy atom. The van der Waals surface area contributed by atoms with Gasteiger partial charge < -0.3 is 11.5 Å². The number of nitrogens with two attached hydrogens (primary N) is 2. The molecule has 0 heterocycles. The van der Waals surface area contributed by atoms with E-state index in [0.29, 0.717) is 21.4 Å². The summed E-state index contributed by atoms with van der Waals surface area (Å²) < 4.78 is 0. The van der Waals surface area contributed by atoms with Crippen LogP contribution in [0.5, 0.6) is 0 Å². The van der Waals surface area contributed by atoms with Gasteiger partial charge in [0.05, 0.1) is 5.02 Å². The van der Waals surface area contributed by atoms with E-state index in [4.69, 9.17) is 34.7 Å². The third-order valence-corrected chi connectivity index (χ3v) is 2.92. The molecule has 0 atom stereocenters. The van der Waals surface area contributed by atoms with Crippen LogP contribution in [0.25, 0.3) is 11.1 Å². The lowest BCUT2D eigenvalue weighted by Gasteiger charge is -2.08. The van der Waals surface area contributed by atoms with Crippen molar-refractivity contribution in [3.8, 4) is 11.1 Å². The zero-order chi connectivity index (χ0) is 11.7. The van der Waals surface area contributed by atoms with Gasteiger partial charge in [0.2, 0.25) is 0 Å². The van der Waals surface area contributed by atoms with E-state index in [1.807, 2.05) is 6.07 Å². The van der Waals surface area contributed by atoms with E-state index in [2.05, 4.69) is 0 Å². The maximum absolute atomic E-state index is 6.11. The standard InChI is InChI=1S/C12H10Cl2N2/c13-11-4-2-7(15)5-10(11)9-3-1-8(16)6-12(9)14/h1-6H,15-16H2. The summed E-state index contributed by atoms with van der Waals surface area (Å²) in [5.74, 6) is 0. The minimum absolute atomic E-state index is 0.563. The number of hydrogen-bond donors (Lipinski definition) is 2. The van der Waals surface area contributed by atoms with Crippen LogP contribution in [0.15, 0.2) is 36.4 Å². The molecular formula is C12H10Cl2N2. The van der Waals surface area contributed by atoms with Gasteiger partial charge in [-0.15, -0.1) is 0 Å². The Hall–Kier alpha value is -1.38. The Bertz CT molecular complexity index is 539. The average molecular weight is 253 g/mol. The van der Waals surface area contributed by atoms with Gasteiger partial charge in [0.1, 0.15) is 0 Å². The molecule has 0 aromatic heterocycles. The molecule has 0 unspecified atom stereocenters. The van der Waals surface area contributed by atoms with Gasteiger partial charge in [-0.25, -0.2) is 0 Å². The number of benzene rings is 2. The normalized spacial score (nSPS) is 10.4. The summed E-state index contributed by atoms with van der Waals surface area (Å²) in [6.45, 7) is 0. The second-order valence-corrected chi connectivity index (χ2v) is 4.29. The summed E-state index contributed by atoms with van der Waals surface area (Å²) in [7, 11) is 0. The van der Waals surface area contributed by atoms with Crippen molar-refractivity contribution in [2.24, 2.45) is 0 Å². The van der Waals surface area contributed by atoms with Crippen molar-refractivity contribution < 1.29 is 0 Å². The molecule has 0 aliphatic heterocycles. The van der Waals surface area contributed by atoms with Crippen molar-refractivity contribution in [2.75, 3.05) is 11.5 Å². The van der Waals surface area contributed by atoms with Crippen LogP contribution in [-0.4, -0.2) is 0 Å². The molecule has 4 heteroatoms.